The highest BCUT2D eigenvalue weighted by Gasteiger charge is 2.07. The summed E-state index contributed by atoms with van der Waals surface area (Å²) in [5.74, 6) is 4.50. The Labute approximate surface area is 115 Å². The van der Waals surface area contributed by atoms with Crippen molar-refractivity contribution in [2.24, 2.45) is 5.84 Å². The third kappa shape index (κ3) is 3.01. The summed E-state index contributed by atoms with van der Waals surface area (Å²) >= 11 is 0. The number of nitrogen functional groups attached to an aromatic ring is 1. The molecule has 0 aliphatic heterocycles. The van der Waals surface area contributed by atoms with Gasteiger partial charge in [0.25, 0.3) is 11.8 Å². The van der Waals surface area contributed by atoms with Gasteiger partial charge in [0, 0.05) is 18.8 Å². The van der Waals surface area contributed by atoms with Crippen molar-refractivity contribution >= 4 is 11.8 Å². The molecule has 0 atom stereocenters. The zero-order valence-corrected chi connectivity index (χ0v) is 11.0. The van der Waals surface area contributed by atoms with Crippen molar-refractivity contribution in [1.82, 2.24) is 20.5 Å². The van der Waals surface area contributed by atoms with E-state index in [1.807, 2.05) is 12.1 Å². The Morgan fingerprint density at radius 2 is 1.90 bits per heavy atom. The van der Waals surface area contributed by atoms with Crippen LogP contribution in [0.25, 0.3) is 0 Å². The van der Waals surface area contributed by atoms with Crippen LogP contribution in [0.4, 0.5) is 0 Å². The second kappa shape index (κ2) is 5.98. The predicted octanol–water partition coefficient (Wildman–Crippen LogP) is -0.105. The molecule has 0 saturated heterocycles. The van der Waals surface area contributed by atoms with E-state index in [1.165, 1.54) is 0 Å². The molecule has 0 spiro atoms. The van der Waals surface area contributed by atoms with Crippen molar-refractivity contribution in [2.75, 3.05) is 7.05 Å². The van der Waals surface area contributed by atoms with E-state index < -0.39 is 0 Å². The van der Waals surface area contributed by atoms with Crippen molar-refractivity contribution < 1.29 is 9.59 Å². The number of hydrazine groups is 1. The molecule has 0 aliphatic carbocycles. The second-order valence-corrected chi connectivity index (χ2v) is 4.15. The minimum Gasteiger partial charge on any atom is -0.354 e. The van der Waals surface area contributed by atoms with Crippen LogP contribution in [0.15, 0.2) is 36.5 Å². The second-order valence-electron chi connectivity index (χ2n) is 4.15. The van der Waals surface area contributed by atoms with E-state index in [0.717, 1.165) is 5.56 Å². The van der Waals surface area contributed by atoms with Gasteiger partial charge in [0.1, 0.15) is 5.69 Å². The highest BCUT2D eigenvalue weighted by atomic mass is 16.2. The molecule has 0 radical (unpaired) electrons. The topological polar surface area (TPSA) is 102 Å². The first-order valence-electron chi connectivity index (χ1n) is 5.99. The van der Waals surface area contributed by atoms with E-state index in [0.29, 0.717) is 17.8 Å². The number of hydrogen-bond acceptors (Lipinski definition) is 4. The minimum absolute atomic E-state index is 0.223. The first-order chi connectivity index (χ1) is 9.63. The number of hydrogen-bond donors (Lipinski definition) is 3. The molecule has 0 unspecified atom stereocenters. The zero-order chi connectivity index (χ0) is 14.5. The maximum absolute atomic E-state index is 11.4. The molecule has 104 valence electrons. The summed E-state index contributed by atoms with van der Waals surface area (Å²) in [5.41, 5.74) is 3.89. The Kier molecular flexibility index (Phi) is 4.11. The largest absolute Gasteiger partial charge is 0.354 e. The summed E-state index contributed by atoms with van der Waals surface area (Å²) in [6, 6.07) is 8.63. The lowest BCUT2D eigenvalue weighted by Crippen LogP contribution is -2.29. The first-order valence-corrected chi connectivity index (χ1v) is 5.99. The van der Waals surface area contributed by atoms with Gasteiger partial charge in [-0.05, 0) is 23.8 Å². The smallest absolute Gasteiger partial charge is 0.271 e. The number of carbonyl (C=O) groups is 2. The normalized spacial score (nSPS) is 10.1. The van der Waals surface area contributed by atoms with Gasteiger partial charge >= 0.3 is 0 Å². The summed E-state index contributed by atoms with van der Waals surface area (Å²) in [6.07, 6.45) is 1.73. The lowest BCUT2D eigenvalue weighted by atomic mass is 10.1. The van der Waals surface area contributed by atoms with Crippen molar-refractivity contribution in [3.63, 3.8) is 0 Å². The number of rotatable bonds is 4. The van der Waals surface area contributed by atoms with Crippen LogP contribution in [-0.4, -0.2) is 28.6 Å². The lowest BCUT2D eigenvalue weighted by Gasteiger charge is -2.04. The van der Waals surface area contributed by atoms with Crippen molar-refractivity contribution in [2.45, 2.75) is 6.54 Å². The number of aromatic nitrogens is 2. The number of nitrogens with one attached hydrogen (secondary N) is 2. The lowest BCUT2D eigenvalue weighted by molar-refractivity contribution is 0.0947. The Bertz CT molecular complexity index is 618. The third-order valence-corrected chi connectivity index (χ3v) is 2.79. The number of benzene rings is 1. The number of carbonyl (C=O) groups excluding carboxylic acids is 2. The van der Waals surface area contributed by atoms with E-state index in [1.54, 1.807) is 36.1 Å². The van der Waals surface area contributed by atoms with E-state index in [4.69, 9.17) is 5.84 Å². The molecule has 7 nitrogen and oxygen atoms in total. The molecule has 4 N–H and O–H groups in total. The Morgan fingerprint density at radius 1 is 1.20 bits per heavy atom. The molecule has 20 heavy (non-hydrogen) atoms. The molecule has 1 aromatic carbocycles. The van der Waals surface area contributed by atoms with Crippen LogP contribution in [0.3, 0.4) is 0 Å². The van der Waals surface area contributed by atoms with Gasteiger partial charge in [0.2, 0.25) is 0 Å². The fraction of sp³-hybridized carbons (Fsp3) is 0.154. The number of nitrogens with two attached hydrogens (primary N) is 1. The maximum atomic E-state index is 11.4. The Morgan fingerprint density at radius 3 is 2.50 bits per heavy atom. The van der Waals surface area contributed by atoms with E-state index in [-0.39, 0.29) is 11.8 Å². The Hall–Kier alpha value is -2.67. The molecule has 2 aromatic rings. The summed E-state index contributed by atoms with van der Waals surface area (Å²) in [7, 11) is 1.56. The van der Waals surface area contributed by atoms with Gasteiger partial charge in [-0.2, -0.15) is 5.10 Å². The van der Waals surface area contributed by atoms with Crippen molar-refractivity contribution in [3.8, 4) is 0 Å². The van der Waals surface area contributed by atoms with Crippen LogP contribution in [0.2, 0.25) is 0 Å². The molecule has 0 saturated carbocycles. The highest BCUT2D eigenvalue weighted by Crippen LogP contribution is 2.06. The molecule has 0 bridgehead atoms. The predicted molar refractivity (Wildman–Crippen MR) is 72.8 cm³/mol. The Balaban J connectivity index is 2.08. The van der Waals surface area contributed by atoms with Crippen LogP contribution >= 0.6 is 0 Å². The van der Waals surface area contributed by atoms with Gasteiger partial charge in [-0.1, -0.05) is 12.1 Å². The van der Waals surface area contributed by atoms with Crippen LogP contribution in [0.1, 0.15) is 26.4 Å². The maximum Gasteiger partial charge on any atom is 0.271 e. The average Bonchev–Trinajstić information content (AvgIpc) is 2.95. The van der Waals surface area contributed by atoms with Gasteiger partial charge in [0.15, 0.2) is 0 Å². The molecule has 1 heterocycles. The van der Waals surface area contributed by atoms with Crippen LogP contribution in [-0.2, 0) is 6.54 Å². The van der Waals surface area contributed by atoms with Gasteiger partial charge in [-0.15, -0.1) is 0 Å². The fourth-order valence-corrected chi connectivity index (χ4v) is 1.73. The van der Waals surface area contributed by atoms with Gasteiger partial charge in [-0.25, -0.2) is 5.84 Å². The quantitative estimate of drug-likeness (QED) is 0.411. The third-order valence-electron chi connectivity index (χ3n) is 2.79. The SMILES string of the molecule is CNC(=O)c1ccn(Cc2ccc(C(=O)NN)cc2)n1. The van der Waals surface area contributed by atoms with Crippen LogP contribution in [0, 0.1) is 0 Å². The molecule has 0 aliphatic rings. The average molecular weight is 273 g/mol. The fourth-order valence-electron chi connectivity index (χ4n) is 1.73. The monoisotopic (exact) mass is 273 g/mol. The van der Waals surface area contributed by atoms with Gasteiger partial charge in [-0.3, -0.25) is 19.7 Å². The molecule has 7 heteroatoms. The molecular formula is C13H15N5O2. The molecule has 0 fully saturated rings. The summed E-state index contributed by atoms with van der Waals surface area (Å²) < 4.78 is 1.66. The van der Waals surface area contributed by atoms with Crippen LogP contribution < -0.4 is 16.6 Å². The zero-order valence-electron chi connectivity index (χ0n) is 11.0. The summed E-state index contributed by atoms with van der Waals surface area (Å²) in [4.78, 5) is 22.7. The highest BCUT2D eigenvalue weighted by molar-refractivity contribution is 5.93. The number of nitrogens with zero attached hydrogens (tertiary/aromatic N) is 2. The van der Waals surface area contributed by atoms with E-state index >= 15 is 0 Å². The molecule has 2 rings (SSSR count). The standard InChI is InChI=1S/C13H15N5O2/c1-15-13(20)11-6-7-18(17-11)8-9-2-4-10(5-3-9)12(19)16-14/h2-7H,8,14H2,1H3,(H,15,20)(H,16,19). The van der Waals surface area contributed by atoms with E-state index in [2.05, 4.69) is 15.8 Å². The number of amides is 2. The van der Waals surface area contributed by atoms with Gasteiger partial charge < -0.3 is 5.32 Å². The van der Waals surface area contributed by atoms with Crippen molar-refractivity contribution in [1.29, 1.82) is 0 Å². The molecule has 1 aromatic heterocycles. The van der Waals surface area contributed by atoms with Gasteiger partial charge in [0.05, 0.1) is 6.54 Å². The summed E-state index contributed by atoms with van der Waals surface area (Å²) in [6.45, 7) is 0.515. The van der Waals surface area contributed by atoms with E-state index in [9.17, 15) is 9.59 Å². The molecular weight excluding hydrogens is 258 g/mol. The molecule has 2 amide bonds. The minimum atomic E-state index is -0.336. The first kappa shape index (κ1) is 13.8. The van der Waals surface area contributed by atoms with Crippen molar-refractivity contribution in [3.05, 3.63) is 53.3 Å². The summed E-state index contributed by atoms with van der Waals surface area (Å²) in [5, 5.41) is 6.67. The van der Waals surface area contributed by atoms with Crippen LogP contribution in [0.5, 0.6) is 0 Å².